The summed E-state index contributed by atoms with van der Waals surface area (Å²) >= 11 is 1.60. The fourth-order valence-corrected chi connectivity index (χ4v) is 4.40. The van der Waals surface area contributed by atoms with E-state index >= 15 is 0 Å². The monoisotopic (exact) mass is 604 g/mol. The topological polar surface area (TPSA) is 53.9 Å². The third kappa shape index (κ3) is 10.1. The van der Waals surface area contributed by atoms with Crippen molar-refractivity contribution in [1.82, 2.24) is 5.32 Å². The molecule has 10 heteroatoms. The quantitative estimate of drug-likeness (QED) is 0.219. The van der Waals surface area contributed by atoms with Gasteiger partial charge in [-0.25, -0.2) is 8.78 Å². The molecule has 1 heterocycles. The minimum Gasteiger partial charge on any atom is -0.504 e. The Balaban J connectivity index is 0.000000296. The van der Waals surface area contributed by atoms with Gasteiger partial charge in [-0.3, -0.25) is 4.99 Å². The van der Waals surface area contributed by atoms with Crippen molar-refractivity contribution >= 4 is 16.9 Å². The fourth-order valence-electron chi connectivity index (χ4n) is 3.64. The number of hydrogen-bond donors (Lipinski definition) is 2. The third-order valence-corrected chi connectivity index (χ3v) is 6.87. The second-order valence-electron chi connectivity index (χ2n) is 9.84. The number of alkyl halides is 4. The van der Waals surface area contributed by atoms with Crippen LogP contribution in [0.15, 0.2) is 71.9 Å². The smallest absolute Gasteiger partial charge is 0.416 e. The van der Waals surface area contributed by atoms with Crippen molar-refractivity contribution in [2.75, 3.05) is 5.75 Å². The average Bonchev–Trinajstić information content (AvgIpc) is 3.33. The van der Waals surface area contributed by atoms with E-state index in [4.69, 9.17) is 4.74 Å². The zero-order chi connectivity index (χ0) is 31.7. The predicted octanol–water partition coefficient (Wildman–Crippen LogP) is 8.59. The molecule has 1 fully saturated rings. The van der Waals surface area contributed by atoms with Crippen LogP contribution in [0.25, 0.3) is 0 Å². The number of hydrogen-bond acceptors (Lipinski definition) is 4. The lowest BCUT2D eigenvalue weighted by molar-refractivity contribution is -0.138. The molecule has 42 heavy (non-hydrogen) atoms. The Morgan fingerprint density at radius 1 is 0.976 bits per heavy atom. The van der Waals surface area contributed by atoms with Gasteiger partial charge in [-0.1, -0.05) is 48.7 Å². The van der Waals surface area contributed by atoms with Gasteiger partial charge in [0.1, 0.15) is 18.1 Å². The molecule has 0 spiro atoms. The summed E-state index contributed by atoms with van der Waals surface area (Å²) in [6, 6.07) is 13.1. The average molecular weight is 605 g/mol. The number of thioether (sulfide) groups is 1. The number of ether oxygens (including phenoxy) is 1. The van der Waals surface area contributed by atoms with E-state index in [0.29, 0.717) is 12.1 Å². The van der Waals surface area contributed by atoms with Gasteiger partial charge in [0.15, 0.2) is 16.7 Å². The number of nitrogens with one attached hydrogen (secondary N) is 1. The Morgan fingerprint density at radius 2 is 1.60 bits per heavy atom. The van der Waals surface area contributed by atoms with E-state index in [1.807, 2.05) is 13.0 Å². The second kappa shape index (κ2) is 14.8. The van der Waals surface area contributed by atoms with Crippen molar-refractivity contribution in [2.45, 2.75) is 52.7 Å². The number of phenolic OH excluding ortho intramolecular Hbond substituents is 1. The zero-order valence-corrected chi connectivity index (χ0v) is 24.6. The van der Waals surface area contributed by atoms with Gasteiger partial charge in [0.25, 0.3) is 0 Å². The maximum atomic E-state index is 13.9. The largest absolute Gasteiger partial charge is 0.504 e. The zero-order valence-electron chi connectivity index (χ0n) is 23.8. The van der Waals surface area contributed by atoms with E-state index in [-0.39, 0.29) is 28.4 Å². The van der Waals surface area contributed by atoms with Gasteiger partial charge in [0.2, 0.25) is 0 Å². The molecule has 0 radical (unpaired) electrons. The van der Waals surface area contributed by atoms with Crippen LogP contribution in [0, 0.1) is 32.5 Å². The molecule has 0 amide bonds. The maximum Gasteiger partial charge on any atom is 0.416 e. The number of aromatic hydroxyl groups is 1. The molecule has 1 aliphatic rings. The second-order valence-corrected chi connectivity index (χ2v) is 10.8. The van der Waals surface area contributed by atoms with Crippen molar-refractivity contribution in [3.8, 4) is 24.3 Å². The summed E-state index contributed by atoms with van der Waals surface area (Å²) in [5.41, 5.74) is 0.283. The Labute approximate surface area is 247 Å². The van der Waals surface area contributed by atoms with Crippen molar-refractivity contribution in [3.63, 3.8) is 0 Å². The van der Waals surface area contributed by atoms with Crippen molar-refractivity contribution in [3.05, 3.63) is 106 Å². The van der Waals surface area contributed by atoms with Crippen LogP contribution in [0.2, 0.25) is 0 Å². The van der Waals surface area contributed by atoms with Gasteiger partial charge in [0, 0.05) is 22.6 Å². The summed E-state index contributed by atoms with van der Waals surface area (Å²) in [4.78, 5) is 4.30. The van der Waals surface area contributed by atoms with Crippen LogP contribution in [-0.2, 0) is 25.0 Å². The van der Waals surface area contributed by atoms with Crippen LogP contribution >= 0.6 is 11.8 Å². The molecule has 4 rings (SSSR count). The number of aliphatic imine (C=N–C) groups is 1. The van der Waals surface area contributed by atoms with Crippen molar-refractivity contribution < 1.29 is 31.8 Å². The SMILES string of the molecule is C#C.C=C1CSC(=NCc2ccc(C)cc2F)N1.Cc1ccc(OCc2ccc(C(C)(C)F)cc2C(F)(F)F)c(O)c1. The molecule has 0 unspecified atom stereocenters. The van der Waals surface area contributed by atoms with E-state index in [0.717, 1.165) is 33.8 Å². The summed E-state index contributed by atoms with van der Waals surface area (Å²) in [6.45, 7) is 9.81. The highest BCUT2D eigenvalue weighted by molar-refractivity contribution is 8.14. The fraction of sp³-hybridized carbons (Fsp3) is 0.281. The normalized spacial score (nSPS) is 13.9. The van der Waals surface area contributed by atoms with E-state index in [1.165, 1.54) is 44.2 Å². The van der Waals surface area contributed by atoms with Crippen LogP contribution in [0.4, 0.5) is 22.0 Å². The number of terminal acetylenes is 1. The van der Waals surface area contributed by atoms with Gasteiger partial charge in [-0.15, -0.1) is 12.8 Å². The van der Waals surface area contributed by atoms with E-state index < -0.39 is 24.0 Å². The molecule has 1 aliphatic heterocycles. The van der Waals surface area contributed by atoms with E-state index in [2.05, 4.69) is 29.7 Å². The van der Waals surface area contributed by atoms with Crippen LogP contribution in [-0.4, -0.2) is 16.0 Å². The van der Waals surface area contributed by atoms with Gasteiger partial charge >= 0.3 is 6.18 Å². The summed E-state index contributed by atoms with van der Waals surface area (Å²) < 4.78 is 72.5. The minimum absolute atomic E-state index is 0.0586. The number of aryl methyl sites for hydroxylation is 2. The molecule has 1 saturated heterocycles. The van der Waals surface area contributed by atoms with E-state index in [1.54, 1.807) is 30.8 Å². The highest BCUT2D eigenvalue weighted by atomic mass is 32.2. The molecular weight excluding hydrogens is 571 g/mol. The summed E-state index contributed by atoms with van der Waals surface area (Å²) in [5.74, 6) is 0.592. The molecule has 2 N–H and O–H groups in total. The standard InChI is InChI=1S/C18H18F4O2.C12H13FN2S.C2H2/c1-11-4-7-16(15(23)8-11)24-10-12-5-6-13(17(2,3)19)9-14(12)18(20,21)22;1-8-3-4-10(11(13)5-8)6-14-12-15-9(2)7-16-12;1-2/h4-9,23H,10H2,1-3H3;3-5H,2,6-7H2,1H3,(H,14,15);1-2H. The van der Waals surface area contributed by atoms with Crippen LogP contribution in [0.5, 0.6) is 11.5 Å². The van der Waals surface area contributed by atoms with Crippen molar-refractivity contribution in [1.29, 1.82) is 0 Å². The van der Waals surface area contributed by atoms with Gasteiger partial charge in [0.05, 0.1) is 12.1 Å². The van der Waals surface area contributed by atoms with Crippen LogP contribution < -0.4 is 10.1 Å². The molecule has 3 aromatic carbocycles. The Hall–Kier alpha value is -3.97. The number of nitrogens with zero attached hydrogens (tertiary/aromatic N) is 1. The van der Waals surface area contributed by atoms with Crippen molar-refractivity contribution in [2.24, 2.45) is 4.99 Å². The van der Waals surface area contributed by atoms with E-state index in [9.17, 15) is 27.1 Å². The molecular formula is C32H33F5N2O2S. The Morgan fingerprint density at radius 3 is 2.14 bits per heavy atom. The lowest BCUT2D eigenvalue weighted by Crippen LogP contribution is -2.15. The molecule has 0 aromatic heterocycles. The summed E-state index contributed by atoms with van der Waals surface area (Å²) in [5, 5.41) is 13.6. The van der Waals surface area contributed by atoms with Gasteiger partial charge in [-0.2, -0.15) is 13.2 Å². The summed E-state index contributed by atoms with van der Waals surface area (Å²) in [6.07, 6.45) is 3.37. The Bertz CT molecular complexity index is 1440. The first-order chi connectivity index (χ1) is 19.6. The first kappa shape index (κ1) is 34.2. The maximum absolute atomic E-state index is 13.9. The molecule has 0 saturated carbocycles. The molecule has 3 aromatic rings. The number of amidine groups is 1. The first-order valence-corrected chi connectivity index (χ1v) is 13.6. The molecule has 4 nitrogen and oxygen atoms in total. The van der Waals surface area contributed by atoms with Gasteiger partial charge < -0.3 is 15.2 Å². The lowest BCUT2D eigenvalue weighted by Gasteiger charge is -2.20. The molecule has 224 valence electrons. The first-order valence-electron chi connectivity index (χ1n) is 12.7. The highest BCUT2D eigenvalue weighted by Gasteiger charge is 2.35. The minimum atomic E-state index is -4.63. The molecule has 0 bridgehead atoms. The van der Waals surface area contributed by atoms with Gasteiger partial charge in [-0.05, 0) is 68.7 Å². The summed E-state index contributed by atoms with van der Waals surface area (Å²) in [7, 11) is 0. The number of phenols is 1. The molecule has 0 aliphatic carbocycles. The third-order valence-electron chi connectivity index (χ3n) is 5.87. The van der Waals surface area contributed by atoms with Crippen LogP contribution in [0.3, 0.4) is 0 Å². The predicted molar refractivity (Wildman–Crippen MR) is 160 cm³/mol. The molecule has 0 atom stereocenters. The number of halogens is 5. The lowest BCUT2D eigenvalue weighted by atomic mass is 9.95. The van der Waals surface area contributed by atoms with Crippen LogP contribution in [0.1, 0.15) is 47.2 Å². The number of rotatable bonds is 6. The highest BCUT2D eigenvalue weighted by Crippen LogP contribution is 2.37. The Kier molecular flexibility index (Phi) is 12.0. The number of benzene rings is 3.